The molecule has 0 unspecified atom stereocenters. The van der Waals surface area contributed by atoms with Crippen LogP contribution < -0.4 is 0 Å². The molecular weight excluding hydrogens is 302 g/mol. The van der Waals surface area contributed by atoms with Crippen molar-refractivity contribution in [3.63, 3.8) is 0 Å². The van der Waals surface area contributed by atoms with Crippen molar-refractivity contribution < 1.29 is 0 Å². The molecule has 0 amide bonds. The fraction of sp³-hybridized carbons (Fsp3) is 0. The van der Waals surface area contributed by atoms with Crippen LogP contribution in [0.1, 0.15) is 0 Å². The van der Waals surface area contributed by atoms with E-state index in [-0.39, 0.29) is 0 Å². The lowest BCUT2D eigenvalue weighted by Crippen LogP contribution is -1.92. The summed E-state index contributed by atoms with van der Waals surface area (Å²) in [6, 6.07) is 37.3. The molecule has 117 valence electrons. The summed E-state index contributed by atoms with van der Waals surface area (Å²) in [5.41, 5.74) is 5.97. The predicted molar refractivity (Wildman–Crippen MR) is 105 cm³/mol. The van der Waals surface area contributed by atoms with Gasteiger partial charge >= 0.3 is 0 Å². The first kappa shape index (κ1) is 14.1. The van der Waals surface area contributed by atoms with E-state index in [1.54, 1.807) is 0 Å². The summed E-state index contributed by atoms with van der Waals surface area (Å²) in [5.74, 6) is 0. The number of benzene rings is 4. The van der Waals surface area contributed by atoms with Gasteiger partial charge in [0.2, 0.25) is 0 Å². The van der Waals surface area contributed by atoms with Crippen molar-refractivity contribution in [1.29, 1.82) is 0 Å². The Morgan fingerprint density at radius 2 is 1.28 bits per heavy atom. The Bertz CT molecular complexity index is 1170. The highest BCUT2D eigenvalue weighted by Gasteiger charge is 2.15. The van der Waals surface area contributed by atoms with E-state index < -0.39 is 0 Å². The van der Waals surface area contributed by atoms with E-state index in [4.69, 9.17) is 0 Å². The number of para-hydroxylation sites is 2. The zero-order valence-electron chi connectivity index (χ0n) is 13.7. The molecule has 0 aliphatic carbocycles. The summed E-state index contributed by atoms with van der Waals surface area (Å²) < 4.78 is 2.34. The molecule has 5 aromatic rings. The van der Waals surface area contributed by atoms with Crippen LogP contribution in [0, 0.1) is 6.07 Å². The average molecular weight is 318 g/mol. The topological polar surface area (TPSA) is 4.93 Å². The SMILES string of the molecule is [c]1ccc2c(c1-c1ccccc1)c1ccccc1n2-c1ccccc1. The number of aromatic nitrogens is 1. The van der Waals surface area contributed by atoms with Gasteiger partial charge in [-0.25, -0.2) is 0 Å². The van der Waals surface area contributed by atoms with Crippen LogP contribution in [0.4, 0.5) is 0 Å². The second-order valence-electron chi connectivity index (χ2n) is 6.17. The Hall–Kier alpha value is -3.32. The Balaban J connectivity index is 1.96. The first-order valence-corrected chi connectivity index (χ1v) is 8.48. The third kappa shape index (κ3) is 2.17. The second-order valence-corrected chi connectivity index (χ2v) is 6.17. The monoisotopic (exact) mass is 318 g/mol. The molecule has 5 rings (SSSR count). The van der Waals surface area contributed by atoms with Crippen LogP contribution in [0.25, 0.3) is 38.6 Å². The van der Waals surface area contributed by atoms with Crippen molar-refractivity contribution >= 4 is 21.8 Å². The lowest BCUT2D eigenvalue weighted by atomic mass is 9.99. The molecule has 0 aliphatic heterocycles. The van der Waals surface area contributed by atoms with Gasteiger partial charge in [0, 0.05) is 16.5 Å². The number of hydrogen-bond acceptors (Lipinski definition) is 0. The maximum atomic E-state index is 3.47. The van der Waals surface area contributed by atoms with Gasteiger partial charge in [0.25, 0.3) is 0 Å². The van der Waals surface area contributed by atoms with E-state index in [1.807, 2.05) is 6.07 Å². The fourth-order valence-electron chi connectivity index (χ4n) is 3.64. The first-order chi connectivity index (χ1) is 12.4. The molecular formula is C24H16N. The van der Waals surface area contributed by atoms with Crippen LogP contribution in [0.15, 0.2) is 97.1 Å². The van der Waals surface area contributed by atoms with Crippen LogP contribution in [0.5, 0.6) is 0 Å². The van der Waals surface area contributed by atoms with E-state index in [1.165, 1.54) is 33.1 Å². The molecule has 0 saturated heterocycles. The molecule has 0 saturated carbocycles. The lowest BCUT2D eigenvalue weighted by Gasteiger charge is -2.08. The van der Waals surface area contributed by atoms with Crippen molar-refractivity contribution in [1.82, 2.24) is 4.57 Å². The smallest absolute Gasteiger partial charge is 0.0547 e. The molecule has 1 aromatic heterocycles. The summed E-state index contributed by atoms with van der Waals surface area (Å²) in [5, 5.41) is 2.52. The number of nitrogens with zero attached hydrogens (tertiary/aromatic N) is 1. The minimum absolute atomic E-state index is 1.16. The van der Waals surface area contributed by atoms with E-state index in [9.17, 15) is 0 Å². The molecule has 0 N–H and O–H groups in total. The van der Waals surface area contributed by atoms with Gasteiger partial charge in [-0.2, -0.15) is 0 Å². The molecule has 0 aliphatic rings. The minimum Gasteiger partial charge on any atom is -0.309 e. The van der Waals surface area contributed by atoms with Gasteiger partial charge in [0.15, 0.2) is 0 Å². The summed E-state index contributed by atoms with van der Waals surface area (Å²) in [6.45, 7) is 0. The summed E-state index contributed by atoms with van der Waals surface area (Å²) in [7, 11) is 0. The van der Waals surface area contributed by atoms with Crippen LogP contribution in [0.3, 0.4) is 0 Å². The zero-order valence-corrected chi connectivity index (χ0v) is 13.7. The third-order valence-electron chi connectivity index (χ3n) is 4.71. The van der Waals surface area contributed by atoms with Gasteiger partial charge in [0.05, 0.1) is 11.0 Å². The molecule has 25 heavy (non-hydrogen) atoms. The van der Waals surface area contributed by atoms with Crippen LogP contribution in [-0.2, 0) is 0 Å². The van der Waals surface area contributed by atoms with Crippen molar-refractivity contribution in [2.45, 2.75) is 0 Å². The molecule has 0 fully saturated rings. The van der Waals surface area contributed by atoms with Gasteiger partial charge in [-0.3, -0.25) is 0 Å². The fourth-order valence-corrected chi connectivity index (χ4v) is 3.64. The lowest BCUT2D eigenvalue weighted by molar-refractivity contribution is 1.18. The molecule has 4 aromatic carbocycles. The Labute approximate surface area is 146 Å². The molecule has 1 heterocycles. The van der Waals surface area contributed by atoms with Crippen molar-refractivity contribution in [2.24, 2.45) is 0 Å². The quantitative estimate of drug-likeness (QED) is 0.362. The highest BCUT2D eigenvalue weighted by molar-refractivity contribution is 6.15. The molecule has 0 atom stereocenters. The van der Waals surface area contributed by atoms with Crippen molar-refractivity contribution in [3.8, 4) is 16.8 Å². The van der Waals surface area contributed by atoms with Gasteiger partial charge in [0.1, 0.15) is 0 Å². The highest BCUT2D eigenvalue weighted by atomic mass is 15.0. The zero-order chi connectivity index (χ0) is 16.6. The molecule has 1 heteroatoms. The molecule has 0 spiro atoms. The average Bonchev–Trinajstić information content (AvgIpc) is 3.04. The second kappa shape index (κ2) is 5.64. The predicted octanol–water partition coefficient (Wildman–Crippen LogP) is 6.25. The van der Waals surface area contributed by atoms with Crippen LogP contribution in [-0.4, -0.2) is 4.57 Å². The van der Waals surface area contributed by atoms with Crippen LogP contribution in [0.2, 0.25) is 0 Å². The van der Waals surface area contributed by atoms with Gasteiger partial charge in [-0.15, -0.1) is 0 Å². The maximum absolute atomic E-state index is 3.47. The van der Waals surface area contributed by atoms with E-state index in [2.05, 4.69) is 102 Å². The number of fused-ring (bicyclic) bond motifs is 3. The van der Waals surface area contributed by atoms with E-state index >= 15 is 0 Å². The first-order valence-electron chi connectivity index (χ1n) is 8.48. The minimum atomic E-state index is 1.16. The number of rotatable bonds is 2. The van der Waals surface area contributed by atoms with E-state index in [0.29, 0.717) is 0 Å². The van der Waals surface area contributed by atoms with E-state index in [0.717, 1.165) is 5.56 Å². The van der Waals surface area contributed by atoms with Gasteiger partial charge < -0.3 is 4.57 Å². The normalized spacial score (nSPS) is 11.2. The van der Waals surface area contributed by atoms with Crippen LogP contribution >= 0.6 is 0 Å². The standard InChI is InChI=1S/C24H16N/c1-3-10-18(11-4-1)20-15-9-17-23-24(20)21-14-7-8-16-22(21)25(23)19-12-5-2-6-13-19/h1-14,16-17H. The summed E-state index contributed by atoms with van der Waals surface area (Å²) in [4.78, 5) is 0. The Morgan fingerprint density at radius 1 is 0.600 bits per heavy atom. The Kier molecular flexibility index (Phi) is 3.17. The largest absolute Gasteiger partial charge is 0.309 e. The maximum Gasteiger partial charge on any atom is 0.0547 e. The molecule has 1 nitrogen and oxygen atoms in total. The Morgan fingerprint density at radius 3 is 2.08 bits per heavy atom. The molecule has 1 radical (unpaired) electrons. The van der Waals surface area contributed by atoms with Gasteiger partial charge in [-0.1, -0.05) is 72.8 Å². The highest BCUT2D eigenvalue weighted by Crippen LogP contribution is 2.37. The number of hydrogen-bond donors (Lipinski definition) is 0. The summed E-state index contributed by atoms with van der Waals surface area (Å²) in [6.07, 6.45) is 0. The molecule has 0 bridgehead atoms. The van der Waals surface area contributed by atoms with Crippen molar-refractivity contribution in [2.75, 3.05) is 0 Å². The van der Waals surface area contributed by atoms with Gasteiger partial charge in [-0.05, 0) is 41.5 Å². The third-order valence-corrected chi connectivity index (χ3v) is 4.71. The summed E-state index contributed by atoms with van der Waals surface area (Å²) >= 11 is 0. The van der Waals surface area contributed by atoms with Crippen molar-refractivity contribution in [3.05, 3.63) is 103 Å².